The second-order valence-electron chi connectivity index (χ2n) is 22.7. The normalized spacial score (nSPS) is 14.1. The lowest BCUT2D eigenvalue weighted by atomic mass is 9.94. The Labute approximate surface area is 530 Å². The fourth-order valence-corrected chi connectivity index (χ4v) is 12.1. The molecule has 88 heavy (non-hydrogen) atoms. The molecule has 15 rings (SSSR count). The third-order valence-corrected chi connectivity index (χ3v) is 16.5. The Kier molecular flexibility index (Phi) is 11.4. The first kappa shape index (κ1) is 44.1. The molecule has 0 unspecified atom stereocenters. The highest BCUT2D eigenvalue weighted by atomic mass is 16.3. The molecule has 9 heteroatoms. The summed E-state index contributed by atoms with van der Waals surface area (Å²) in [6, 6.07) is 56.3. The van der Waals surface area contributed by atoms with Gasteiger partial charge in [0.1, 0.15) is 21.1 Å². The summed E-state index contributed by atoms with van der Waals surface area (Å²) >= 11 is 0. The maximum Gasteiger partial charge on any atom is 0.227 e. The van der Waals surface area contributed by atoms with Gasteiger partial charge in [0.2, 0.25) is 34.2 Å². The Hall–Kier alpha value is -10.4. The van der Waals surface area contributed by atoms with E-state index in [0.717, 1.165) is 94.7 Å². The molecule has 6 aromatic carbocycles. The molecule has 0 aliphatic heterocycles. The van der Waals surface area contributed by atoms with Crippen LogP contribution in [0, 0.1) is 68.9 Å². The molecule has 9 aromatic heterocycles. The Balaban J connectivity index is 0.000000135. The third-order valence-electron chi connectivity index (χ3n) is 16.5. The summed E-state index contributed by atoms with van der Waals surface area (Å²) in [4.78, 5) is 13.6. The van der Waals surface area contributed by atoms with Crippen LogP contribution in [-0.2, 0) is 21.1 Å². The molecule has 0 spiro atoms. The van der Waals surface area contributed by atoms with E-state index in [0.29, 0.717) is 83.5 Å². The molecule has 0 saturated carbocycles. The smallest absolute Gasteiger partial charge is 0.227 e. The quantitative estimate of drug-likeness (QED) is 0.154. The van der Waals surface area contributed by atoms with E-state index < -0.39 is 27.4 Å². The molecular weight excluding hydrogens is 1080 g/mol. The van der Waals surface area contributed by atoms with Gasteiger partial charge in [-0.25, -0.2) is 28.7 Å². The SMILES string of the molecule is [2H]C([2H])([2H])c1c[n+](C)c(-c2c(C)cc(C([2H])([2H])[2H])c3c2oc2nc(C)ccc23)cc1-c1ccccc1.[2H]C([2H])([2H])c1c[n+](C)c(-c2c(C)ccc3c2oc2nc(C)ccc23)cc1-c1ccccc1.[2H]C([2H])([2H])c1cc(C)c(-c2cc(-c3ccccc3)cc[n+]2C)c2oc3nc(C)ccc3c12. The van der Waals surface area contributed by atoms with Crippen molar-refractivity contribution in [1.82, 2.24) is 15.0 Å². The summed E-state index contributed by atoms with van der Waals surface area (Å²) < 4.78 is 122. The third kappa shape index (κ3) is 10.3. The fourth-order valence-electron chi connectivity index (χ4n) is 12.1. The molecule has 0 atom stereocenters. The molecule has 9 heterocycles. The van der Waals surface area contributed by atoms with Crippen molar-refractivity contribution in [2.75, 3.05) is 0 Å². The van der Waals surface area contributed by atoms with Crippen LogP contribution >= 0.6 is 0 Å². The van der Waals surface area contributed by atoms with Crippen LogP contribution in [0.25, 0.3) is 133 Å². The standard InChI is InChI=1S/C27H25N2O.2C26H23N2O/c1-16-13-17(2)25(26-24(16)21-12-11-19(4)28-27(21)30-26)23-14-22(18(3)15-29(23)5)20-9-7-6-8-10-20;1-16-10-12-20-21-13-11-18(3)27-26(21)29-25(20)24(16)23-14-22(17(2)15-28(23)4)19-8-6-5-7-9-19;1-16-14-17(2)24(25-23(16)21-11-10-18(3)27-26(21)29-25)22-15-20(12-13-28(22)4)19-8-6-5-7-9-19/h6-15H,1-5H3;2*5-15H,1-4H3/q3*+1/i1D3,3D3;2D3;1D3. The molecular formula is C79H71N6O3+3. The predicted octanol–water partition coefficient (Wildman–Crippen LogP) is 18.5. The molecule has 15 aromatic rings. The van der Waals surface area contributed by atoms with E-state index >= 15 is 0 Å². The van der Waals surface area contributed by atoms with Gasteiger partial charge in [0.15, 0.2) is 35.3 Å². The van der Waals surface area contributed by atoms with E-state index in [1.165, 1.54) is 0 Å². The zero-order valence-corrected chi connectivity index (χ0v) is 50.4. The Morgan fingerprint density at radius 3 is 1.19 bits per heavy atom. The number of hydrogen-bond donors (Lipinski definition) is 0. The second-order valence-corrected chi connectivity index (χ2v) is 22.7. The first-order valence-electron chi connectivity index (χ1n) is 35.1. The van der Waals surface area contributed by atoms with E-state index in [-0.39, 0.29) is 11.1 Å². The number of furan rings is 3. The minimum absolute atomic E-state index is 0.202. The first-order chi connectivity index (χ1) is 47.3. The molecule has 0 bridgehead atoms. The second kappa shape index (κ2) is 22.8. The maximum atomic E-state index is 8.17. The van der Waals surface area contributed by atoms with E-state index in [2.05, 4.69) is 51.4 Å². The summed E-state index contributed by atoms with van der Waals surface area (Å²) in [6.07, 6.45) is 5.36. The molecule has 0 aliphatic rings. The van der Waals surface area contributed by atoms with Crippen LogP contribution < -0.4 is 13.7 Å². The van der Waals surface area contributed by atoms with Crippen molar-refractivity contribution in [2.45, 2.75) is 68.9 Å². The summed E-state index contributed by atoms with van der Waals surface area (Å²) in [7, 11) is 5.65. The number of aryl methyl sites for hydroxylation is 13. The number of fused-ring (bicyclic) bond motifs is 9. The van der Waals surface area contributed by atoms with E-state index in [1.807, 2.05) is 198 Å². The minimum atomic E-state index is -2.36. The van der Waals surface area contributed by atoms with Crippen molar-refractivity contribution < 1.29 is 43.4 Å². The van der Waals surface area contributed by atoms with Gasteiger partial charge in [0.05, 0.1) is 16.7 Å². The van der Waals surface area contributed by atoms with Crippen LogP contribution in [0.2, 0.25) is 0 Å². The lowest BCUT2D eigenvalue weighted by Gasteiger charge is -2.11. The van der Waals surface area contributed by atoms with E-state index in [9.17, 15) is 0 Å². The van der Waals surface area contributed by atoms with Gasteiger partial charge in [0.25, 0.3) is 0 Å². The molecule has 0 aliphatic carbocycles. The number of nitrogens with zero attached hydrogens (tertiary/aromatic N) is 6. The summed E-state index contributed by atoms with van der Waals surface area (Å²) in [5.41, 5.74) is 19.5. The minimum Gasteiger partial charge on any atom is -0.437 e. The molecule has 0 saturated heterocycles. The molecule has 0 radical (unpaired) electrons. The van der Waals surface area contributed by atoms with Crippen molar-refractivity contribution in [1.29, 1.82) is 0 Å². The molecule has 432 valence electrons. The van der Waals surface area contributed by atoms with Gasteiger partial charge in [-0.15, -0.1) is 0 Å². The Bertz CT molecular complexity index is 5720. The van der Waals surface area contributed by atoms with Gasteiger partial charge >= 0.3 is 0 Å². The monoisotopic (exact) mass is 1160 g/mol. The number of hydrogen-bond acceptors (Lipinski definition) is 6. The molecule has 0 N–H and O–H groups in total. The number of rotatable bonds is 6. The molecule has 9 nitrogen and oxygen atoms in total. The Morgan fingerprint density at radius 2 is 0.727 bits per heavy atom. The van der Waals surface area contributed by atoms with Crippen LogP contribution in [-0.4, -0.2) is 15.0 Å². The molecule has 0 fully saturated rings. The zero-order chi connectivity index (χ0) is 71.2. The van der Waals surface area contributed by atoms with Crippen LogP contribution in [0.3, 0.4) is 0 Å². The van der Waals surface area contributed by atoms with Crippen molar-refractivity contribution in [2.24, 2.45) is 21.1 Å². The van der Waals surface area contributed by atoms with Gasteiger partial charge in [0, 0.05) is 101 Å². The van der Waals surface area contributed by atoms with Gasteiger partial charge in [-0.1, -0.05) is 115 Å². The van der Waals surface area contributed by atoms with Crippen LogP contribution in [0.4, 0.5) is 0 Å². The number of benzene rings is 6. The number of pyridine rings is 6. The van der Waals surface area contributed by atoms with Crippen molar-refractivity contribution in [3.8, 4) is 67.2 Å². The van der Waals surface area contributed by atoms with Crippen molar-refractivity contribution in [3.63, 3.8) is 0 Å². The summed E-state index contributed by atoms with van der Waals surface area (Å²) in [5.74, 6) is 0. The maximum absolute atomic E-state index is 8.17. The van der Waals surface area contributed by atoms with Crippen LogP contribution in [0.5, 0.6) is 0 Å². The van der Waals surface area contributed by atoms with Crippen molar-refractivity contribution in [3.05, 3.63) is 251 Å². The van der Waals surface area contributed by atoms with Gasteiger partial charge < -0.3 is 13.3 Å². The highest BCUT2D eigenvalue weighted by molar-refractivity contribution is 6.12. The van der Waals surface area contributed by atoms with Gasteiger partial charge in [-0.2, -0.15) is 0 Å². The van der Waals surface area contributed by atoms with Gasteiger partial charge in [-0.05, 0) is 167 Å². The molecule has 0 amide bonds. The summed E-state index contributed by atoms with van der Waals surface area (Å²) in [5, 5.41) is 4.43. The van der Waals surface area contributed by atoms with E-state index in [4.69, 9.17) is 29.7 Å². The topological polar surface area (TPSA) is 89.7 Å². The Morgan fingerprint density at radius 1 is 0.330 bits per heavy atom. The average molecular weight is 1160 g/mol. The zero-order valence-electron chi connectivity index (χ0n) is 62.4. The fraction of sp³-hybridized carbons (Fsp3) is 0.165. The van der Waals surface area contributed by atoms with Gasteiger partial charge in [-0.3, -0.25) is 0 Å². The number of aromatic nitrogens is 6. The average Bonchev–Trinajstić information content (AvgIpc) is 1.56. The summed E-state index contributed by atoms with van der Waals surface area (Å²) in [6.45, 7) is 2.33. The first-order valence-corrected chi connectivity index (χ1v) is 29.1. The highest BCUT2D eigenvalue weighted by Gasteiger charge is 2.27. The van der Waals surface area contributed by atoms with Crippen LogP contribution in [0.1, 0.15) is 72.5 Å². The van der Waals surface area contributed by atoms with Crippen LogP contribution in [0.15, 0.2) is 208 Å². The van der Waals surface area contributed by atoms with Crippen molar-refractivity contribution >= 4 is 66.2 Å². The predicted molar refractivity (Wildman–Crippen MR) is 358 cm³/mol. The lowest BCUT2D eigenvalue weighted by molar-refractivity contribution is -0.660. The van der Waals surface area contributed by atoms with E-state index in [1.54, 1.807) is 36.1 Å². The largest absolute Gasteiger partial charge is 0.437 e. The lowest BCUT2D eigenvalue weighted by Crippen LogP contribution is -2.31. The highest BCUT2D eigenvalue weighted by Crippen LogP contribution is 2.43.